The van der Waals surface area contributed by atoms with Crippen molar-refractivity contribution < 1.29 is 28.2 Å². The van der Waals surface area contributed by atoms with E-state index in [2.05, 4.69) is 20.6 Å². The molecule has 0 radical (unpaired) electrons. The van der Waals surface area contributed by atoms with E-state index in [-0.39, 0.29) is 51.7 Å². The van der Waals surface area contributed by atoms with Crippen molar-refractivity contribution in [2.24, 2.45) is 4.99 Å². The van der Waals surface area contributed by atoms with Gasteiger partial charge in [-0.1, -0.05) is 11.6 Å². The van der Waals surface area contributed by atoms with Crippen LogP contribution in [0, 0.1) is 5.82 Å². The lowest BCUT2D eigenvalue weighted by atomic mass is 10.3. The van der Waals surface area contributed by atoms with E-state index in [1.807, 2.05) is 0 Å². The molecule has 9 nitrogen and oxygen atoms in total. The smallest absolute Gasteiger partial charge is 0.344 e. The van der Waals surface area contributed by atoms with Gasteiger partial charge in [0.1, 0.15) is 11.4 Å². The van der Waals surface area contributed by atoms with E-state index < -0.39 is 11.8 Å². The molecule has 12 heteroatoms. The lowest BCUT2D eigenvalue weighted by Crippen LogP contribution is -2.24. The number of esters is 1. The molecule has 0 saturated carbocycles. The lowest BCUT2D eigenvalue weighted by Gasteiger charge is -2.13. The molecule has 33 heavy (non-hydrogen) atoms. The number of carbonyl (C=O) groups excluding carboxylic acids is 2. The van der Waals surface area contributed by atoms with Crippen molar-refractivity contribution in [3.63, 3.8) is 0 Å². The Morgan fingerprint density at radius 2 is 2.06 bits per heavy atom. The SMILES string of the molecule is CCOC(=O)COc1ncccc1Oc1cc(/N=C2/NCCCCNC(=O)S2)c(F)cc1Cl. The molecule has 0 spiro atoms. The van der Waals surface area contributed by atoms with Crippen LogP contribution >= 0.6 is 23.4 Å². The topological polar surface area (TPSA) is 111 Å². The van der Waals surface area contributed by atoms with E-state index in [9.17, 15) is 14.0 Å². The molecule has 3 rings (SSSR count). The highest BCUT2D eigenvalue weighted by Gasteiger charge is 2.17. The van der Waals surface area contributed by atoms with Gasteiger partial charge in [-0.15, -0.1) is 0 Å². The molecule has 1 fully saturated rings. The summed E-state index contributed by atoms with van der Waals surface area (Å²) >= 11 is 7.02. The number of amides is 1. The molecule has 2 N–H and O–H groups in total. The van der Waals surface area contributed by atoms with Crippen molar-refractivity contribution >= 4 is 45.4 Å². The third-order valence-electron chi connectivity index (χ3n) is 4.15. The van der Waals surface area contributed by atoms with Gasteiger partial charge in [0, 0.05) is 37.1 Å². The number of halogens is 2. The normalized spacial score (nSPS) is 15.5. The van der Waals surface area contributed by atoms with Crippen LogP contribution in [-0.4, -0.2) is 47.7 Å². The highest BCUT2D eigenvalue weighted by Crippen LogP contribution is 2.37. The van der Waals surface area contributed by atoms with Crippen LogP contribution in [0.1, 0.15) is 19.8 Å². The predicted molar refractivity (Wildman–Crippen MR) is 123 cm³/mol. The zero-order chi connectivity index (χ0) is 23.6. The molecule has 0 bridgehead atoms. The lowest BCUT2D eigenvalue weighted by molar-refractivity contribution is -0.145. The third-order valence-corrected chi connectivity index (χ3v) is 5.20. The van der Waals surface area contributed by atoms with Crippen molar-refractivity contribution in [3.8, 4) is 17.4 Å². The number of hydrogen-bond acceptors (Lipinski definition) is 8. The Labute approximate surface area is 199 Å². The molecule has 0 aliphatic carbocycles. The number of rotatable bonds is 7. The summed E-state index contributed by atoms with van der Waals surface area (Å²) in [7, 11) is 0. The molecule has 1 aromatic carbocycles. The minimum atomic E-state index is -0.687. The molecule has 1 amide bonds. The minimum absolute atomic E-state index is 0.00975. The predicted octanol–water partition coefficient (Wildman–Crippen LogP) is 4.42. The molecule has 1 aromatic heterocycles. The number of ether oxygens (including phenoxy) is 3. The van der Waals surface area contributed by atoms with Crippen LogP contribution in [0.3, 0.4) is 0 Å². The number of nitrogens with one attached hydrogen (secondary N) is 2. The van der Waals surface area contributed by atoms with Gasteiger partial charge in [-0.3, -0.25) is 4.79 Å². The number of amidine groups is 1. The second kappa shape index (κ2) is 12.3. The first kappa shape index (κ1) is 24.6. The minimum Gasteiger partial charge on any atom is -0.463 e. The molecule has 2 aromatic rings. The van der Waals surface area contributed by atoms with E-state index in [0.717, 1.165) is 30.7 Å². The number of carbonyl (C=O) groups is 2. The third kappa shape index (κ3) is 7.50. The fourth-order valence-corrected chi connectivity index (χ4v) is 3.52. The maximum Gasteiger partial charge on any atom is 0.344 e. The first-order chi connectivity index (χ1) is 16.0. The van der Waals surface area contributed by atoms with Gasteiger partial charge in [-0.2, -0.15) is 0 Å². The summed E-state index contributed by atoms with van der Waals surface area (Å²) in [5.74, 6) is -0.973. The van der Waals surface area contributed by atoms with Crippen molar-refractivity contribution in [1.82, 2.24) is 15.6 Å². The molecule has 0 unspecified atom stereocenters. The van der Waals surface area contributed by atoms with Crippen LogP contribution in [-0.2, 0) is 9.53 Å². The van der Waals surface area contributed by atoms with E-state index in [4.69, 9.17) is 25.8 Å². The molecule has 1 saturated heterocycles. The molecule has 1 aliphatic rings. The number of benzene rings is 1. The number of aromatic nitrogens is 1. The Kier molecular flexibility index (Phi) is 9.14. The number of aliphatic imine (C=N–C) groups is 1. The van der Waals surface area contributed by atoms with Gasteiger partial charge in [0.2, 0.25) is 0 Å². The molecule has 1 aliphatic heterocycles. The standard InChI is InChI=1S/C21H22ClFN4O5S/c1-2-30-18(28)12-31-19-16(6-5-9-24-19)32-17-11-15(14(23)10-13(17)22)27-20-25-7-3-4-8-26-21(29)33-20/h5-6,9-11H,2-4,7-8,12H2,1H3,(H,25,27)(H,26,29). The highest BCUT2D eigenvalue weighted by atomic mass is 35.5. The molecule has 0 atom stereocenters. The Morgan fingerprint density at radius 1 is 1.27 bits per heavy atom. The molecule has 176 valence electrons. The second-order valence-electron chi connectivity index (χ2n) is 6.60. The summed E-state index contributed by atoms with van der Waals surface area (Å²) in [5, 5.41) is 5.75. The number of hydrogen-bond donors (Lipinski definition) is 2. The summed E-state index contributed by atoms with van der Waals surface area (Å²) < 4.78 is 30.6. The number of nitrogens with zero attached hydrogens (tertiary/aromatic N) is 2. The summed E-state index contributed by atoms with van der Waals surface area (Å²) in [6.45, 7) is 2.71. The summed E-state index contributed by atoms with van der Waals surface area (Å²) in [4.78, 5) is 31.8. The van der Waals surface area contributed by atoms with Crippen LogP contribution in [0.15, 0.2) is 35.5 Å². The van der Waals surface area contributed by atoms with Gasteiger partial charge >= 0.3 is 5.97 Å². The molecular weight excluding hydrogens is 475 g/mol. The van der Waals surface area contributed by atoms with Gasteiger partial charge in [0.05, 0.1) is 11.6 Å². The second-order valence-corrected chi connectivity index (χ2v) is 7.97. The molecular formula is C21H22ClFN4O5S. The summed E-state index contributed by atoms with van der Waals surface area (Å²) in [6, 6.07) is 5.52. The first-order valence-electron chi connectivity index (χ1n) is 10.1. The monoisotopic (exact) mass is 496 g/mol. The van der Waals surface area contributed by atoms with Gasteiger partial charge < -0.3 is 24.8 Å². The van der Waals surface area contributed by atoms with Crippen molar-refractivity contribution in [1.29, 1.82) is 0 Å². The Balaban J connectivity index is 1.83. The number of thioether (sulfide) groups is 1. The average Bonchev–Trinajstić information content (AvgIpc) is 2.88. The average molecular weight is 497 g/mol. The fourth-order valence-electron chi connectivity index (χ4n) is 2.66. The summed E-state index contributed by atoms with van der Waals surface area (Å²) in [6.07, 6.45) is 3.11. The Hall–Kier alpha value is -3.05. The molecule has 2 heterocycles. The number of pyridine rings is 1. The van der Waals surface area contributed by atoms with Gasteiger partial charge in [0.15, 0.2) is 23.3 Å². The van der Waals surface area contributed by atoms with E-state index >= 15 is 0 Å². The van der Waals surface area contributed by atoms with Crippen molar-refractivity contribution in [2.75, 3.05) is 26.3 Å². The van der Waals surface area contributed by atoms with Crippen molar-refractivity contribution in [3.05, 3.63) is 41.3 Å². The van der Waals surface area contributed by atoms with Crippen LogP contribution in [0.4, 0.5) is 14.9 Å². The van der Waals surface area contributed by atoms with Crippen molar-refractivity contribution in [2.45, 2.75) is 19.8 Å². The Bertz CT molecular complexity index is 1040. The zero-order valence-corrected chi connectivity index (χ0v) is 19.3. The quantitative estimate of drug-likeness (QED) is 0.542. The van der Waals surface area contributed by atoms with E-state index in [1.54, 1.807) is 19.1 Å². The summed E-state index contributed by atoms with van der Waals surface area (Å²) in [5.41, 5.74) is -0.0747. The maximum absolute atomic E-state index is 14.6. The fraction of sp³-hybridized carbons (Fsp3) is 0.333. The van der Waals surface area contributed by atoms with E-state index in [0.29, 0.717) is 13.1 Å². The van der Waals surface area contributed by atoms with Crippen LogP contribution in [0.5, 0.6) is 17.4 Å². The Morgan fingerprint density at radius 3 is 2.85 bits per heavy atom. The van der Waals surface area contributed by atoms with Gasteiger partial charge in [-0.25, -0.2) is 19.2 Å². The van der Waals surface area contributed by atoms with E-state index in [1.165, 1.54) is 12.3 Å². The maximum atomic E-state index is 14.6. The van der Waals surface area contributed by atoms with Crippen LogP contribution in [0.25, 0.3) is 0 Å². The largest absolute Gasteiger partial charge is 0.463 e. The highest BCUT2D eigenvalue weighted by molar-refractivity contribution is 8.26. The van der Waals surface area contributed by atoms with Gasteiger partial charge in [-0.05, 0) is 38.0 Å². The zero-order valence-electron chi connectivity index (χ0n) is 17.7. The van der Waals surface area contributed by atoms with Crippen LogP contribution in [0.2, 0.25) is 5.02 Å². The van der Waals surface area contributed by atoms with Gasteiger partial charge in [0.25, 0.3) is 11.1 Å². The van der Waals surface area contributed by atoms with Crippen LogP contribution < -0.4 is 20.1 Å². The first-order valence-corrected chi connectivity index (χ1v) is 11.3.